The number of hydrogen-bond donors (Lipinski definition) is 0. The van der Waals surface area contributed by atoms with Crippen molar-refractivity contribution < 1.29 is 23.5 Å². The van der Waals surface area contributed by atoms with Crippen LogP contribution in [0.1, 0.15) is 23.4 Å². The molecule has 1 aromatic carbocycles. The van der Waals surface area contributed by atoms with Crippen molar-refractivity contribution >= 4 is 17.6 Å². The molecule has 3 aromatic rings. The number of anilines is 1. The fourth-order valence-electron chi connectivity index (χ4n) is 4.48. The molecule has 1 aliphatic heterocycles. The summed E-state index contributed by atoms with van der Waals surface area (Å²) in [6.07, 6.45) is 3.67. The van der Waals surface area contributed by atoms with Crippen molar-refractivity contribution in [2.75, 3.05) is 58.4 Å². The molecule has 0 radical (unpaired) electrons. The van der Waals surface area contributed by atoms with Gasteiger partial charge in [0.05, 0.1) is 26.2 Å². The quantitative estimate of drug-likeness (QED) is 0.438. The van der Waals surface area contributed by atoms with Crippen molar-refractivity contribution in [3.05, 3.63) is 54.5 Å². The Morgan fingerprint density at radius 1 is 1.03 bits per heavy atom. The average molecular weight is 506 g/mol. The molecule has 2 amide bonds. The molecule has 1 saturated heterocycles. The van der Waals surface area contributed by atoms with Crippen LogP contribution in [0.3, 0.4) is 0 Å². The molecule has 0 unspecified atom stereocenters. The zero-order chi connectivity index (χ0) is 25.8. The molecule has 194 valence electrons. The van der Waals surface area contributed by atoms with Gasteiger partial charge in [0, 0.05) is 44.4 Å². The number of rotatable bonds is 9. The Hall–Kier alpha value is -4.08. The van der Waals surface area contributed by atoms with E-state index in [1.54, 1.807) is 31.3 Å². The highest BCUT2D eigenvalue weighted by Gasteiger charge is 2.31. The normalized spacial score (nSPS) is 15.4. The highest BCUT2D eigenvalue weighted by molar-refractivity contribution is 5.94. The van der Waals surface area contributed by atoms with Gasteiger partial charge in [0.15, 0.2) is 11.6 Å². The van der Waals surface area contributed by atoms with Crippen LogP contribution >= 0.6 is 0 Å². The van der Waals surface area contributed by atoms with Gasteiger partial charge in [-0.05, 0) is 55.2 Å². The van der Waals surface area contributed by atoms with Gasteiger partial charge >= 0.3 is 0 Å². The number of nitrogens with zero attached hydrogens (tertiary/aromatic N) is 5. The van der Waals surface area contributed by atoms with Gasteiger partial charge in [-0.2, -0.15) is 0 Å². The highest BCUT2D eigenvalue weighted by atomic mass is 16.5. The topological polar surface area (TPSA) is 101 Å². The summed E-state index contributed by atoms with van der Waals surface area (Å²) in [4.78, 5) is 31.5. The average Bonchev–Trinajstić information content (AvgIpc) is 3.60. The SMILES string of the molecule is COc1ccc(-c2ccc(N3CCN(C(=O)CN(CC4CC4)C(=O)c4ccco4)CC3)nn2)c(OC)c1. The molecular weight excluding hydrogens is 474 g/mol. The van der Waals surface area contributed by atoms with Crippen LogP contribution in [-0.2, 0) is 4.79 Å². The summed E-state index contributed by atoms with van der Waals surface area (Å²) >= 11 is 0. The molecule has 1 saturated carbocycles. The Balaban J connectivity index is 1.18. The van der Waals surface area contributed by atoms with Crippen LogP contribution in [0.4, 0.5) is 5.82 Å². The molecule has 2 aliphatic rings. The lowest BCUT2D eigenvalue weighted by molar-refractivity contribution is -0.132. The molecule has 1 aliphatic carbocycles. The van der Waals surface area contributed by atoms with E-state index < -0.39 is 0 Å². The van der Waals surface area contributed by atoms with Crippen molar-refractivity contribution in [1.29, 1.82) is 0 Å². The molecule has 0 N–H and O–H groups in total. The maximum absolute atomic E-state index is 13.1. The van der Waals surface area contributed by atoms with Crippen LogP contribution in [0.2, 0.25) is 0 Å². The third kappa shape index (κ3) is 5.68. The largest absolute Gasteiger partial charge is 0.497 e. The summed E-state index contributed by atoms with van der Waals surface area (Å²) in [5.41, 5.74) is 1.53. The molecule has 2 fully saturated rings. The summed E-state index contributed by atoms with van der Waals surface area (Å²) < 4.78 is 16.0. The van der Waals surface area contributed by atoms with Crippen LogP contribution in [-0.4, -0.2) is 85.3 Å². The number of benzene rings is 1. The Morgan fingerprint density at radius 2 is 1.84 bits per heavy atom. The standard InChI is InChI=1S/C27H31N5O5/c1-35-20-7-8-21(24(16-20)36-2)22-9-10-25(29-28-22)30-11-13-31(14-12-30)26(33)18-32(17-19-5-6-19)27(34)23-4-3-15-37-23/h3-4,7-10,15-16,19H,5-6,11-14,17-18H2,1-2H3. The second kappa shape index (κ2) is 10.9. The number of methoxy groups -OCH3 is 2. The molecular formula is C27H31N5O5. The summed E-state index contributed by atoms with van der Waals surface area (Å²) in [5.74, 6) is 2.59. The Labute approximate surface area is 215 Å². The van der Waals surface area contributed by atoms with E-state index in [0.29, 0.717) is 55.8 Å². The van der Waals surface area contributed by atoms with E-state index in [-0.39, 0.29) is 24.1 Å². The van der Waals surface area contributed by atoms with E-state index in [9.17, 15) is 9.59 Å². The first-order chi connectivity index (χ1) is 18.1. The van der Waals surface area contributed by atoms with Crippen LogP contribution in [0.25, 0.3) is 11.3 Å². The first kappa shape index (κ1) is 24.6. The number of aromatic nitrogens is 2. The number of hydrogen-bond acceptors (Lipinski definition) is 8. The molecule has 10 nitrogen and oxygen atoms in total. The second-order valence-corrected chi connectivity index (χ2v) is 9.32. The summed E-state index contributed by atoms with van der Waals surface area (Å²) in [5, 5.41) is 8.84. The Kier molecular flexibility index (Phi) is 7.25. The zero-order valence-corrected chi connectivity index (χ0v) is 21.1. The predicted octanol–water partition coefficient (Wildman–Crippen LogP) is 2.95. The highest BCUT2D eigenvalue weighted by Crippen LogP contribution is 2.32. The summed E-state index contributed by atoms with van der Waals surface area (Å²) in [6, 6.07) is 12.7. The smallest absolute Gasteiger partial charge is 0.290 e. The lowest BCUT2D eigenvalue weighted by Crippen LogP contribution is -2.52. The van der Waals surface area contributed by atoms with E-state index in [2.05, 4.69) is 15.1 Å². The first-order valence-corrected chi connectivity index (χ1v) is 12.5. The van der Waals surface area contributed by atoms with Gasteiger partial charge in [0.1, 0.15) is 18.0 Å². The molecule has 0 atom stereocenters. The maximum Gasteiger partial charge on any atom is 0.290 e. The van der Waals surface area contributed by atoms with Gasteiger partial charge in [-0.15, -0.1) is 10.2 Å². The number of carbonyl (C=O) groups is 2. The van der Waals surface area contributed by atoms with Crippen LogP contribution < -0.4 is 14.4 Å². The zero-order valence-electron chi connectivity index (χ0n) is 21.1. The first-order valence-electron chi connectivity index (χ1n) is 12.5. The third-order valence-electron chi connectivity index (χ3n) is 6.81. The minimum Gasteiger partial charge on any atom is -0.497 e. The van der Waals surface area contributed by atoms with Crippen LogP contribution in [0.5, 0.6) is 11.5 Å². The van der Waals surface area contributed by atoms with E-state index in [4.69, 9.17) is 13.9 Å². The number of amides is 2. The maximum atomic E-state index is 13.1. The van der Waals surface area contributed by atoms with E-state index in [0.717, 1.165) is 24.2 Å². The summed E-state index contributed by atoms with van der Waals surface area (Å²) in [7, 11) is 3.22. The number of piperazine rings is 1. The van der Waals surface area contributed by atoms with Gasteiger partial charge in [-0.25, -0.2) is 0 Å². The van der Waals surface area contributed by atoms with Gasteiger partial charge < -0.3 is 28.6 Å². The Bertz CT molecular complexity index is 1220. The van der Waals surface area contributed by atoms with Crippen molar-refractivity contribution in [2.24, 2.45) is 5.92 Å². The number of carbonyl (C=O) groups excluding carboxylic acids is 2. The van der Waals surface area contributed by atoms with Gasteiger partial charge in [0.25, 0.3) is 5.91 Å². The second-order valence-electron chi connectivity index (χ2n) is 9.32. The van der Waals surface area contributed by atoms with Gasteiger partial charge in [0.2, 0.25) is 5.91 Å². The van der Waals surface area contributed by atoms with Gasteiger partial charge in [-0.3, -0.25) is 9.59 Å². The number of ether oxygens (including phenoxy) is 2. The lowest BCUT2D eigenvalue weighted by atomic mass is 10.1. The molecule has 0 spiro atoms. The molecule has 2 aromatic heterocycles. The molecule has 3 heterocycles. The predicted molar refractivity (Wildman–Crippen MR) is 137 cm³/mol. The fraction of sp³-hybridized carbons (Fsp3) is 0.407. The lowest BCUT2D eigenvalue weighted by Gasteiger charge is -2.36. The molecule has 37 heavy (non-hydrogen) atoms. The van der Waals surface area contributed by atoms with E-state index in [1.165, 1.54) is 6.26 Å². The van der Waals surface area contributed by atoms with Gasteiger partial charge in [-0.1, -0.05) is 0 Å². The van der Waals surface area contributed by atoms with Crippen molar-refractivity contribution in [1.82, 2.24) is 20.0 Å². The van der Waals surface area contributed by atoms with E-state index in [1.807, 2.05) is 35.2 Å². The number of furan rings is 1. The minimum absolute atomic E-state index is 0.0479. The van der Waals surface area contributed by atoms with Crippen molar-refractivity contribution in [3.63, 3.8) is 0 Å². The van der Waals surface area contributed by atoms with Crippen LogP contribution in [0.15, 0.2) is 53.1 Å². The van der Waals surface area contributed by atoms with Crippen LogP contribution in [0, 0.1) is 5.92 Å². The molecule has 0 bridgehead atoms. The third-order valence-corrected chi connectivity index (χ3v) is 6.81. The monoisotopic (exact) mass is 505 g/mol. The Morgan fingerprint density at radius 3 is 2.46 bits per heavy atom. The molecule has 10 heteroatoms. The fourth-order valence-corrected chi connectivity index (χ4v) is 4.48. The molecule has 5 rings (SSSR count). The van der Waals surface area contributed by atoms with Crippen molar-refractivity contribution in [3.8, 4) is 22.8 Å². The van der Waals surface area contributed by atoms with Crippen molar-refractivity contribution in [2.45, 2.75) is 12.8 Å². The minimum atomic E-state index is -0.229. The van der Waals surface area contributed by atoms with E-state index >= 15 is 0 Å². The summed E-state index contributed by atoms with van der Waals surface area (Å²) in [6.45, 7) is 3.04.